The van der Waals surface area contributed by atoms with Crippen molar-refractivity contribution in [2.75, 3.05) is 25.0 Å². The molecule has 3 aromatic rings. The van der Waals surface area contributed by atoms with E-state index in [1.807, 2.05) is 26.8 Å². The molecule has 224 valence electrons. The van der Waals surface area contributed by atoms with E-state index in [0.29, 0.717) is 29.9 Å². The molecule has 0 atom stereocenters. The first-order valence-corrected chi connectivity index (χ1v) is 14.1. The number of nitrogens with one attached hydrogen (secondary N) is 3. The first-order chi connectivity index (χ1) is 19.8. The fourth-order valence-corrected chi connectivity index (χ4v) is 4.87. The second kappa shape index (κ2) is 12.8. The number of anilines is 1. The maximum Gasteiger partial charge on any atom is 0.417 e. The summed E-state index contributed by atoms with van der Waals surface area (Å²) in [7, 11) is 0. The molecule has 1 aliphatic heterocycles. The average Bonchev–Trinajstić information content (AvgIpc) is 3.41. The Hall–Kier alpha value is -4.08. The fourth-order valence-electron chi connectivity index (χ4n) is 4.87. The monoisotopic (exact) mass is 579 g/mol. The van der Waals surface area contributed by atoms with Crippen LogP contribution in [0.3, 0.4) is 0 Å². The largest absolute Gasteiger partial charge is 0.417 e. The summed E-state index contributed by atoms with van der Waals surface area (Å²) in [5.41, 5.74) is 7.02. The van der Waals surface area contributed by atoms with E-state index in [9.17, 15) is 13.2 Å². The molecule has 2 aromatic heterocycles. The van der Waals surface area contributed by atoms with Gasteiger partial charge in [-0.2, -0.15) is 13.2 Å². The Morgan fingerprint density at radius 1 is 1.10 bits per heavy atom. The molecule has 0 fully saturated rings. The molecule has 42 heavy (non-hydrogen) atoms. The van der Waals surface area contributed by atoms with E-state index in [2.05, 4.69) is 67.8 Å². The van der Waals surface area contributed by atoms with Crippen molar-refractivity contribution in [3.05, 3.63) is 95.8 Å². The van der Waals surface area contributed by atoms with Crippen LogP contribution in [0.5, 0.6) is 0 Å². The van der Waals surface area contributed by atoms with Crippen LogP contribution in [0.4, 0.5) is 18.9 Å². The lowest BCUT2D eigenvalue weighted by atomic mass is 9.92. The normalized spacial score (nSPS) is 14.3. The molecule has 0 aliphatic carbocycles. The summed E-state index contributed by atoms with van der Waals surface area (Å²) in [4.78, 5) is 6.49. The van der Waals surface area contributed by atoms with Gasteiger partial charge in [0.05, 0.1) is 22.5 Å². The predicted molar refractivity (Wildman–Crippen MR) is 163 cm³/mol. The van der Waals surface area contributed by atoms with Crippen LogP contribution >= 0.6 is 0 Å². The standard InChI is InChI=1S/C32H40F3N7/c1-7-36-18-24-14-15-42(20-25(24)11-9-23-10-13-28-30(16-23)40-41-39-28)21(2)8-12-27-29(38-22(3)31(4,5)6)17-26(19-37-27)32(33,34)35/h7,10,13,16-17,19,36,38H,1-3,8-9,11-12,14-15,18,20H2,4-6H3,(H,39,40,41). The van der Waals surface area contributed by atoms with Gasteiger partial charge < -0.3 is 15.5 Å². The van der Waals surface area contributed by atoms with Crippen molar-refractivity contribution in [3.63, 3.8) is 0 Å². The van der Waals surface area contributed by atoms with Crippen molar-refractivity contribution in [3.8, 4) is 0 Å². The minimum Gasteiger partial charge on any atom is -0.388 e. The van der Waals surface area contributed by atoms with Gasteiger partial charge in [0, 0.05) is 42.6 Å². The second-order valence-corrected chi connectivity index (χ2v) is 11.8. The molecule has 4 rings (SSSR count). The second-order valence-electron chi connectivity index (χ2n) is 11.8. The van der Waals surface area contributed by atoms with Crippen molar-refractivity contribution >= 4 is 16.7 Å². The van der Waals surface area contributed by atoms with E-state index in [4.69, 9.17) is 0 Å². The van der Waals surface area contributed by atoms with Gasteiger partial charge in [-0.1, -0.05) is 51.8 Å². The van der Waals surface area contributed by atoms with E-state index in [-0.39, 0.29) is 5.41 Å². The van der Waals surface area contributed by atoms with Gasteiger partial charge in [-0.25, -0.2) is 0 Å². The van der Waals surface area contributed by atoms with Crippen molar-refractivity contribution in [2.24, 2.45) is 5.41 Å². The van der Waals surface area contributed by atoms with Crippen LogP contribution in [-0.2, 0) is 19.0 Å². The number of allylic oxidation sites excluding steroid dienone is 2. The summed E-state index contributed by atoms with van der Waals surface area (Å²) in [6.07, 6.45) is 1.83. The molecule has 0 spiro atoms. The smallest absolute Gasteiger partial charge is 0.388 e. The number of fused-ring (bicyclic) bond motifs is 1. The minimum atomic E-state index is -4.48. The first kappa shape index (κ1) is 30.9. The van der Waals surface area contributed by atoms with E-state index >= 15 is 0 Å². The Morgan fingerprint density at radius 2 is 1.88 bits per heavy atom. The minimum absolute atomic E-state index is 0.329. The molecule has 7 nitrogen and oxygen atoms in total. The van der Waals surface area contributed by atoms with E-state index in [1.54, 1.807) is 6.20 Å². The van der Waals surface area contributed by atoms with Crippen molar-refractivity contribution in [1.29, 1.82) is 0 Å². The molecular formula is C32H40F3N7. The van der Waals surface area contributed by atoms with Crippen LogP contribution in [0.1, 0.15) is 56.9 Å². The number of nitrogens with zero attached hydrogens (tertiary/aromatic N) is 4. The van der Waals surface area contributed by atoms with Gasteiger partial charge in [-0.15, -0.1) is 5.10 Å². The van der Waals surface area contributed by atoms with Gasteiger partial charge >= 0.3 is 6.18 Å². The number of pyridine rings is 1. The maximum absolute atomic E-state index is 13.5. The number of alkyl halides is 3. The van der Waals surface area contributed by atoms with Crippen LogP contribution in [-0.4, -0.2) is 44.9 Å². The van der Waals surface area contributed by atoms with Crippen molar-refractivity contribution < 1.29 is 13.2 Å². The molecule has 0 radical (unpaired) electrons. The third-order valence-electron chi connectivity index (χ3n) is 7.72. The lowest BCUT2D eigenvalue weighted by Crippen LogP contribution is -2.33. The summed E-state index contributed by atoms with van der Waals surface area (Å²) in [5.74, 6) is 0. The van der Waals surface area contributed by atoms with E-state index < -0.39 is 11.7 Å². The van der Waals surface area contributed by atoms with Gasteiger partial charge in [0.2, 0.25) is 0 Å². The maximum atomic E-state index is 13.5. The summed E-state index contributed by atoms with van der Waals surface area (Å²) in [6.45, 7) is 20.4. The Morgan fingerprint density at radius 3 is 2.60 bits per heavy atom. The number of aromatic nitrogens is 4. The summed E-state index contributed by atoms with van der Waals surface area (Å²) in [5, 5.41) is 17.2. The molecule has 10 heteroatoms. The number of halogens is 3. The molecule has 1 aromatic carbocycles. The molecule has 0 amide bonds. The number of aromatic amines is 1. The molecule has 3 heterocycles. The number of benzene rings is 1. The highest BCUT2D eigenvalue weighted by atomic mass is 19.4. The van der Waals surface area contributed by atoms with Crippen LogP contribution in [0, 0.1) is 5.41 Å². The van der Waals surface area contributed by atoms with Gasteiger partial charge in [0.25, 0.3) is 0 Å². The highest BCUT2D eigenvalue weighted by molar-refractivity contribution is 5.74. The molecule has 0 saturated carbocycles. The molecular weight excluding hydrogens is 539 g/mol. The fraction of sp³-hybridized carbons (Fsp3) is 0.406. The first-order valence-electron chi connectivity index (χ1n) is 14.1. The number of rotatable bonds is 12. The quantitative estimate of drug-likeness (QED) is 0.198. The topological polar surface area (TPSA) is 81.8 Å². The van der Waals surface area contributed by atoms with Gasteiger partial charge in [0.1, 0.15) is 5.52 Å². The zero-order valence-electron chi connectivity index (χ0n) is 24.7. The lowest BCUT2D eigenvalue weighted by Gasteiger charge is -2.34. The number of hydrogen-bond donors (Lipinski definition) is 3. The van der Waals surface area contributed by atoms with E-state index in [1.165, 1.54) is 16.7 Å². The Bertz CT molecular complexity index is 1480. The Kier molecular flexibility index (Phi) is 9.43. The number of H-pyrrole nitrogens is 1. The van der Waals surface area contributed by atoms with E-state index in [0.717, 1.165) is 67.9 Å². The molecule has 0 saturated heterocycles. The molecule has 0 bridgehead atoms. The van der Waals surface area contributed by atoms with Gasteiger partial charge in [-0.3, -0.25) is 10.1 Å². The molecule has 3 N–H and O–H groups in total. The van der Waals surface area contributed by atoms with Crippen LogP contribution < -0.4 is 10.6 Å². The van der Waals surface area contributed by atoms with Crippen LogP contribution in [0.2, 0.25) is 0 Å². The van der Waals surface area contributed by atoms with Crippen molar-refractivity contribution in [1.82, 2.24) is 30.6 Å². The Balaban J connectivity index is 1.45. The van der Waals surface area contributed by atoms with Crippen LogP contribution in [0.15, 0.2) is 78.9 Å². The van der Waals surface area contributed by atoms with Gasteiger partial charge in [-0.05, 0) is 73.2 Å². The Labute approximate surface area is 245 Å². The zero-order chi connectivity index (χ0) is 30.5. The lowest BCUT2D eigenvalue weighted by molar-refractivity contribution is -0.137. The molecule has 1 aliphatic rings. The summed E-state index contributed by atoms with van der Waals surface area (Å²) >= 11 is 0. The summed E-state index contributed by atoms with van der Waals surface area (Å²) < 4.78 is 40.4. The molecule has 0 unspecified atom stereocenters. The average molecular weight is 580 g/mol. The third-order valence-corrected chi connectivity index (χ3v) is 7.72. The number of hydrogen-bond acceptors (Lipinski definition) is 6. The highest BCUT2D eigenvalue weighted by Gasteiger charge is 2.32. The van der Waals surface area contributed by atoms with Crippen molar-refractivity contribution in [2.45, 2.75) is 59.1 Å². The summed E-state index contributed by atoms with van der Waals surface area (Å²) in [6, 6.07) is 7.29. The third kappa shape index (κ3) is 7.80. The highest BCUT2D eigenvalue weighted by Crippen LogP contribution is 2.34. The SMILES string of the molecule is C=CNCC1=C(CCc2ccc3[nH]nnc3c2)CN(C(=C)CCc2ncc(C(F)(F)F)cc2NC(=C)C(C)(C)C)CC1. The van der Waals surface area contributed by atoms with Crippen LogP contribution in [0.25, 0.3) is 11.0 Å². The zero-order valence-corrected chi connectivity index (χ0v) is 24.7. The number of aryl methyl sites for hydroxylation is 2. The predicted octanol–water partition coefficient (Wildman–Crippen LogP) is 7.16. The van der Waals surface area contributed by atoms with Gasteiger partial charge in [0.15, 0.2) is 0 Å².